The second-order valence-corrected chi connectivity index (χ2v) is 6.60. The van der Waals surface area contributed by atoms with Crippen molar-refractivity contribution in [1.82, 2.24) is 9.88 Å². The van der Waals surface area contributed by atoms with Gasteiger partial charge in [0.2, 0.25) is 0 Å². The van der Waals surface area contributed by atoms with E-state index in [2.05, 4.69) is 5.32 Å². The van der Waals surface area contributed by atoms with Crippen molar-refractivity contribution in [2.24, 2.45) is 5.92 Å². The van der Waals surface area contributed by atoms with Crippen LogP contribution in [0.4, 0.5) is 0 Å². The lowest BCUT2D eigenvalue weighted by Crippen LogP contribution is -2.37. The maximum Gasteiger partial charge on any atom is 0.250 e. The zero-order chi connectivity index (χ0) is 14.9. The van der Waals surface area contributed by atoms with Gasteiger partial charge in [0.15, 0.2) is 0 Å². The molecule has 1 N–H and O–H groups in total. The predicted octanol–water partition coefficient (Wildman–Crippen LogP) is 2.50. The van der Waals surface area contributed by atoms with E-state index < -0.39 is 0 Å². The van der Waals surface area contributed by atoms with E-state index in [-0.39, 0.29) is 5.56 Å². The van der Waals surface area contributed by atoms with Crippen LogP contribution in [0.25, 0.3) is 0 Å². The number of fused-ring (bicyclic) bond motifs is 1. The third kappa shape index (κ3) is 2.88. The molecule has 4 nitrogen and oxygen atoms in total. The average Bonchev–Trinajstić information content (AvgIpc) is 3.20. The van der Waals surface area contributed by atoms with Crippen LogP contribution in [-0.2, 0) is 25.9 Å². The first kappa shape index (κ1) is 13.8. The van der Waals surface area contributed by atoms with Gasteiger partial charge in [-0.15, -0.1) is 0 Å². The van der Waals surface area contributed by atoms with Gasteiger partial charge in [0.05, 0.1) is 12.8 Å². The summed E-state index contributed by atoms with van der Waals surface area (Å²) in [6.07, 6.45) is 7.35. The molecule has 0 spiro atoms. The number of hydrogen-bond acceptors (Lipinski definition) is 3. The molecule has 1 atom stereocenters. The molecule has 1 unspecified atom stereocenters. The van der Waals surface area contributed by atoms with Crippen molar-refractivity contribution in [3.05, 3.63) is 57.9 Å². The van der Waals surface area contributed by atoms with Crippen LogP contribution in [0.1, 0.15) is 36.3 Å². The van der Waals surface area contributed by atoms with Crippen LogP contribution in [0.15, 0.2) is 39.7 Å². The molecular weight excluding hydrogens is 276 g/mol. The van der Waals surface area contributed by atoms with Crippen LogP contribution < -0.4 is 10.9 Å². The van der Waals surface area contributed by atoms with E-state index in [0.717, 1.165) is 44.0 Å². The summed E-state index contributed by atoms with van der Waals surface area (Å²) in [5.74, 6) is 1.71. The fourth-order valence-corrected chi connectivity index (χ4v) is 3.42. The summed E-state index contributed by atoms with van der Waals surface area (Å²) in [4.78, 5) is 12.2. The summed E-state index contributed by atoms with van der Waals surface area (Å²) < 4.78 is 7.41. The largest absolute Gasteiger partial charge is 0.468 e. The third-order valence-corrected chi connectivity index (χ3v) is 4.87. The van der Waals surface area contributed by atoms with E-state index >= 15 is 0 Å². The molecule has 2 aliphatic carbocycles. The molecule has 2 aromatic heterocycles. The molecule has 0 amide bonds. The first-order chi connectivity index (χ1) is 10.8. The monoisotopic (exact) mass is 298 g/mol. The fourth-order valence-electron chi connectivity index (χ4n) is 3.42. The molecule has 22 heavy (non-hydrogen) atoms. The topological polar surface area (TPSA) is 47.2 Å². The summed E-state index contributed by atoms with van der Waals surface area (Å²) in [5, 5.41) is 3.57. The van der Waals surface area contributed by atoms with E-state index in [4.69, 9.17) is 4.42 Å². The Morgan fingerprint density at radius 3 is 2.91 bits per heavy atom. The van der Waals surface area contributed by atoms with Gasteiger partial charge in [-0.1, -0.05) is 6.07 Å². The van der Waals surface area contributed by atoms with E-state index in [0.29, 0.717) is 6.04 Å². The van der Waals surface area contributed by atoms with Gasteiger partial charge >= 0.3 is 0 Å². The van der Waals surface area contributed by atoms with Gasteiger partial charge in [-0.05, 0) is 55.7 Å². The lowest BCUT2D eigenvalue weighted by molar-refractivity contribution is 0.405. The maximum absolute atomic E-state index is 12.2. The molecule has 1 saturated carbocycles. The maximum atomic E-state index is 12.2. The number of nitrogens with zero attached hydrogens (tertiary/aromatic N) is 1. The van der Waals surface area contributed by atoms with Crippen molar-refractivity contribution < 1.29 is 4.42 Å². The summed E-state index contributed by atoms with van der Waals surface area (Å²) in [5.41, 5.74) is 2.78. The molecule has 0 saturated heterocycles. The Morgan fingerprint density at radius 2 is 2.14 bits per heavy atom. The van der Waals surface area contributed by atoms with Crippen molar-refractivity contribution >= 4 is 0 Å². The van der Waals surface area contributed by atoms with Gasteiger partial charge in [0.1, 0.15) is 5.76 Å². The molecule has 1 fully saturated rings. The summed E-state index contributed by atoms with van der Waals surface area (Å²) in [7, 11) is 0. The van der Waals surface area contributed by atoms with Crippen molar-refractivity contribution in [3.8, 4) is 0 Å². The lowest BCUT2D eigenvalue weighted by atomic mass is 9.91. The standard InChI is InChI=1S/C18H22N2O2/c21-18-8-5-14-10-15(19-11-16-2-1-9-22-16)6-7-17(14)20(18)12-13-3-4-13/h1-2,5,8-9,13,15,19H,3-4,6-7,10-12H2. The van der Waals surface area contributed by atoms with Crippen LogP contribution in [0, 0.1) is 5.92 Å². The molecule has 116 valence electrons. The van der Waals surface area contributed by atoms with Gasteiger partial charge in [-0.2, -0.15) is 0 Å². The molecule has 0 radical (unpaired) electrons. The van der Waals surface area contributed by atoms with Crippen molar-refractivity contribution in [1.29, 1.82) is 0 Å². The van der Waals surface area contributed by atoms with E-state index in [1.165, 1.54) is 24.1 Å². The highest BCUT2D eigenvalue weighted by Gasteiger charge is 2.26. The Bertz CT molecular complexity index is 698. The molecular formula is C18H22N2O2. The van der Waals surface area contributed by atoms with Crippen molar-refractivity contribution in [2.45, 2.75) is 51.2 Å². The number of rotatable bonds is 5. The van der Waals surface area contributed by atoms with Crippen LogP contribution in [0.3, 0.4) is 0 Å². The molecule has 0 aliphatic heterocycles. The minimum atomic E-state index is 0.174. The number of aromatic nitrogens is 1. The highest BCUT2D eigenvalue weighted by atomic mass is 16.3. The Kier molecular flexibility index (Phi) is 3.62. The van der Waals surface area contributed by atoms with Crippen LogP contribution in [0.5, 0.6) is 0 Å². The van der Waals surface area contributed by atoms with Gasteiger partial charge in [-0.25, -0.2) is 0 Å². The SMILES string of the molecule is O=c1ccc2c(n1CC1CC1)CCC(NCc1ccco1)C2. The van der Waals surface area contributed by atoms with Gasteiger partial charge in [0, 0.05) is 24.3 Å². The summed E-state index contributed by atoms with van der Waals surface area (Å²) in [6, 6.07) is 8.16. The number of nitrogens with one attached hydrogen (secondary N) is 1. The number of furan rings is 1. The van der Waals surface area contributed by atoms with Crippen LogP contribution in [0.2, 0.25) is 0 Å². The average molecular weight is 298 g/mol. The zero-order valence-corrected chi connectivity index (χ0v) is 12.8. The normalized spacial score (nSPS) is 20.8. The molecule has 2 aromatic rings. The van der Waals surface area contributed by atoms with Gasteiger partial charge in [0.25, 0.3) is 5.56 Å². The molecule has 0 bridgehead atoms. The Hall–Kier alpha value is -1.81. The predicted molar refractivity (Wildman–Crippen MR) is 84.8 cm³/mol. The summed E-state index contributed by atoms with van der Waals surface area (Å²) >= 11 is 0. The molecule has 2 heterocycles. The Balaban J connectivity index is 1.47. The minimum Gasteiger partial charge on any atom is -0.468 e. The number of pyridine rings is 1. The smallest absolute Gasteiger partial charge is 0.250 e. The zero-order valence-electron chi connectivity index (χ0n) is 12.8. The molecule has 2 aliphatic rings. The van der Waals surface area contributed by atoms with E-state index in [9.17, 15) is 4.79 Å². The first-order valence-corrected chi connectivity index (χ1v) is 8.27. The molecule has 4 heteroatoms. The van der Waals surface area contributed by atoms with Gasteiger partial charge < -0.3 is 14.3 Å². The van der Waals surface area contributed by atoms with Crippen molar-refractivity contribution in [2.75, 3.05) is 0 Å². The van der Waals surface area contributed by atoms with Crippen LogP contribution >= 0.6 is 0 Å². The summed E-state index contributed by atoms with van der Waals surface area (Å²) in [6.45, 7) is 1.70. The van der Waals surface area contributed by atoms with Crippen LogP contribution in [-0.4, -0.2) is 10.6 Å². The molecule has 0 aromatic carbocycles. The van der Waals surface area contributed by atoms with Gasteiger partial charge in [-0.3, -0.25) is 4.79 Å². The van der Waals surface area contributed by atoms with E-state index in [1.807, 2.05) is 22.8 Å². The first-order valence-electron chi connectivity index (χ1n) is 8.27. The second kappa shape index (κ2) is 5.76. The third-order valence-electron chi connectivity index (χ3n) is 4.87. The molecule has 4 rings (SSSR count). The second-order valence-electron chi connectivity index (χ2n) is 6.60. The minimum absolute atomic E-state index is 0.174. The quantitative estimate of drug-likeness (QED) is 0.922. The number of hydrogen-bond donors (Lipinski definition) is 1. The lowest BCUT2D eigenvalue weighted by Gasteiger charge is -2.27. The highest BCUT2D eigenvalue weighted by Crippen LogP contribution is 2.31. The van der Waals surface area contributed by atoms with E-state index in [1.54, 1.807) is 12.3 Å². The van der Waals surface area contributed by atoms with Crippen molar-refractivity contribution in [3.63, 3.8) is 0 Å². The Labute approximate surface area is 130 Å². The fraction of sp³-hybridized carbons (Fsp3) is 0.500. The highest BCUT2D eigenvalue weighted by molar-refractivity contribution is 5.26. The Morgan fingerprint density at radius 1 is 1.23 bits per heavy atom.